The normalized spacial score (nSPS) is 27.0. The maximum absolute atomic E-state index is 14.4. The molecule has 0 aromatic heterocycles. The SMILES string of the molecule is C.C/C=C1\CC(C2CCC(=O)CCC2=O)C(=O)c2c1cccc2C1CCC(CCCCCCCCc2cc(C3CCCC3C)cc3c2CC(Cc2cccc(C4=CCC=CC4CC)c2)C3=O)CC1.CC.[HH]. The molecule has 70 heavy (non-hydrogen) atoms. The Balaban J connectivity index is 0.00000204. The minimum Gasteiger partial charge on any atom is -0.300 e. The van der Waals surface area contributed by atoms with Gasteiger partial charge in [-0.1, -0.05) is 159 Å². The van der Waals surface area contributed by atoms with Gasteiger partial charge in [0.2, 0.25) is 0 Å². The highest BCUT2D eigenvalue weighted by atomic mass is 16.1. The summed E-state index contributed by atoms with van der Waals surface area (Å²) in [6.45, 7) is 10.7. The average molecular weight is 947 g/mol. The van der Waals surface area contributed by atoms with Gasteiger partial charge in [0, 0.05) is 55.5 Å². The quantitative estimate of drug-likeness (QED) is 0.0815. The van der Waals surface area contributed by atoms with Crippen molar-refractivity contribution in [2.45, 2.75) is 208 Å². The van der Waals surface area contributed by atoms with Crippen molar-refractivity contribution in [2.75, 3.05) is 0 Å². The van der Waals surface area contributed by atoms with Crippen LogP contribution in [-0.4, -0.2) is 23.1 Å². The second-order valence-electron chi connectivity index (χ2n) is 22.0. The van der Waals surface area contributed by atoms with Crippen LogP contribution in [0, 0.1) is 35.5 Å². The molecule has 4 nitrogen and oxygen atoms in total. The molecule has 0 radical (unpaired) electrons. The first-order valence-electron chi connectivity index (χ1n) is 28.2. The standard InChI is InChI=1S/C63H78O4.C2H6.CH4.H2/c1-4-44-20-12-13-23-53(44)47-22-15-19-43(35-47)36-50-40-57-48(37-49(39-59(57)62(50)66)52-24-14-17-41(52)3)21-11-9-7-6-8-10-18-42-27-29-46(30-28-42)55-26-16-25-54-45(5-2)38-58(63(67)61(54)55)56-33-31-51(64)32-34-60(56)65;1-2;;/h5,12,15-16,19-20,22-23,25-26,35,37,39,41-42,44,46,50,52,56,58H,4,6-11,13-14,17-18,21,24,27-34,36,38,40H2,1-3H3;1-2H3;1H4;1H/b45-5+;;;. The van der Waals surface area contributed by atoms with Crippen LogP contribution in [0.3, 0.4) is 0 Å². The summed E-state index contributed by atoms with van der Waals surface area (Å²) in [7, 11) is 0. The van der Waals surface area contributed by atoms with Gasteiger partial charge < -0.3 is 0 Å². The predicted octanol–water partition coefficient (Wildman–Crippen LogP) is 17.6. The predicted molar refractivity (Wildman–Crippen MR) is 295 cm³/mol. The van der Waals surface area contributed by atoms with Crippen LogP contribution in [0.25, 0.3) is 11.1 Å². The van der Waals surface area contributed by atoms with Crippen molar-refractivity contribution in [1.82, 2.24) is 0 Å². The molecule has 9 rings (SSSR count). The third-order valence-corrected chi connectivity index (χ3v) is 17.9. The molecule has 3 aromatic rings. The van der Waals surface area contributed by atoms with E-state index < -0.39 is 0 Å². The lowest BCUT2D eigenvalue weighted by atomic mass is 9.67. The first kappa shape index (κ1) is 53.4. The van der Waals surface area contributed by atoms with Gasteiger partial charge in [0.15, 0.2) is 11.6 Å². The van der Waals surface area contributed by atoms with E-state index in [0.29, 0.717) is 55.1 Å². The Labute approximate surface area is 425 Å². The van der Waals surface area contributed by atoms with Crippen molar-refractivity contribution in [2.24, 2.45) is 35.5 Å². The topological polar surface area (TPSA) is 68.3 Å². The summed E-state index contributed by atoms with van der Waals surface area (Å²) in [6.07, 6.45) is 33.7. The second kappa shape index (κ2) is 25.3. The summed E-state index contributed by atoms with van der Waals surface area (Å²) < 4.78 is 0. The minimum absolute atomic E-state index is 0. The fraction of sp³-hybridized carbons (Fsp3) is 0.576. The summed E-state index contributed by atoms with van der Waals surface area (Å²) in [4.78, 5) is 54.1. The fourth-order valence-electron chi connectivity index (χ4n) is 13.9. The van der Waals surface area contributed by atoms with Crippen molar-refractivity contribution in [3.8, 4) is 0 Å². The molecule has 4 heteroatoms. The van der Waals surface area contributed by atoms with Crippen molar-refractivity contribution in [1.29, 1.82) is 0 Å². The van der Waals surface area contributed by atoms with Crippen LogP contribution >= 0.6 is 0 Å². The Hall–Kier alpha value is -4.44. The zero-order valence-corrected chi connectivity index (χ0v) is 43.2. The Morgan fingerprint density at radius 1 is 0.729 bits per heavy atom. The number of unbranched alkanes of at least 4 members (excludes halogenated alkanes) is 5. The number of aryl methyl sites for hydroxylation is 1. The molecule has 378 valence electrons. The van der Waals surface area contributed by atoms with Gasteiger partial charge in [-0.05, 0) is 170 Å². The lowest BCUT2D eigenvalue weighted by molar-refractivity contribution is -0.124. The van der Waals surface area contributed by atoms with E-state index in [1.54, 1.807) is 0 Å². The van der Waals surface area contributed by atoms with E-state index in [1.807, 2.05) is 13.8 Å². The summed E-state index contributed by atoms with van der Waals surface area (Å²) in [5.74, 6) is 3.03. The molecule has 0 saturated heterocycles. The van der Waals surface area contributed by atoms with E-state index in [0.717, 1.165) is 67.6 Å². The summed E-state index contributed by atoms with van der Waals surface area (Å²) in [5, 5.41) is 0. The van der Waals surface area contributed by atoms with E-state index in [-0.39, 0.29) is 50.4 Å². The van der Waals surface area contributed by atoms with Gasteiger partial charge in [-0.25, -0.2) is 0 Å². The van der Waals surface area contributed by atoms with E-state index in [9.17, 15) is 19.2 Å². The van der Waals surface area contributed by atoms with Gasteiger partial charge in [-0.3, -0.25) is 19.2 Å². The number of rotatable bonds is 16. The largest absolute Gasteiger partial charge is 0.300 e. The number of ketones is 4. The third-order valence-electron chi connectivity index (χ3n) is 17.9. The second-order valence-corrected chi connectivity index (χ2v) is 22.0. The number of allylic oxidation sites excluding steroid dienone is 6. The highest BCUT2D eigenvalue weighted by molar-refractivity contribution is 6.09. The Bertz CT molecular complexity index is 2410. The zero-order valence-electron chi connectivity index (χ0n) is 43.2. The molecule has 0 bridgehead atoms. The van der Waals surface area contributed by atoms with Gasteiger partial charge in [0.1, 0.15) is 11.6 Å². The van der Waals surface area contributed by atoms with Crippen LogP contribution in [0.4, 0.5) is 0 Å². The van der Waals surface area contributed by atoms with Gasteiger partial charge in [-0.15, -0.1) is 0 Å². The van der Waals surface area contributed by atoms with Crippen molar-refractivity contribution in [3.63, 3.8) is 0 Å². The molecule has 0 heterocycles. The summed E-state index contributed by atoms with van der Waals surface area (Å²) in [6, 6.07) is 20.4. The van der Waals surface area contributed by atoms with Crippen LogP contribution in [0.15, 0.2) is 78.9 Å². The number of carbonyl (C=O) groups excluding carboxylic acids is 4. The molecule has 3 fully saturated rings. The lowest BCUT2D eigenvalue weighted by Gasteiger charge is -2.35. The Kier molecular flexibility index (Phi) is 19.3. The molecule has 6 aliphatic rings. The number of fused-ring (bicyclic) bond motifs is 2. The number of Topliss-reactive ketones (excluding diaryl/α,β-unsaturated/α-hetero) is 4. The molecular formula is C66H90O4. The first-order chi connectivity index (χ1) is 33.7. The number of hydrogen-bond donors (Lipinski definition) is 0. The number of hydrogen-bond acceptors (Lipinski definition) is 4. The van der Waals surface area contributed by atoms with Crippen LogP contribution in [0.2, 0.25) is 0 Å². The van der Waals surface area contributed by atoms with Gasteiger partial charge in [0.25, 0.3) is 0 Å². The maximum atomic E-state index is 14.4. The van der Waals surface area contributed by atoms with Crippen LogP contribution in [0.5, 0.6) is 0 Å². The monoisotopic (exact) mass is 947 g/mol. The lowest BCUT2D eigenvalue weighted by Crippen LogP contribution is -2.34. The molecular weight excluding hydrogens is 857 g/mol. The average Bonchev–Trinajstić information content (AvgIpc) is 3.90. The molecule has 0 spiro atoms. The molecule has 6 aliphatic carbocycles. The molecule has 0 aliphatic heterocycles. The van der Waals surface area contributed by atoms with E-state index in [4.69, 9.17) is 0 Å². The first-order valence-corrected chi connectivity index (χ1v) is 28.2. The molecule has 3 saturated carbocycles. The molecule has 6 unspecified atom stereocenters. The molecule has 0 N–H and O–H groups in total. The fourth-order valence-corrected chi connectivity index (χ4v) is 13.9. The van der Waals surface area contributed by atoms with E-state index in [1.165, 1.54) is 122 Å². The van der Waals surface area contributed by atoms with Gasteiger partial charge >= 0.3 is 0 Å². The molecule has 0 amide bonds. The number of carbonyl (C=O) groups is 4. The minimum atomic E-state index is -0.346. The van der Waals surface area contributed by atoms with Crippen LogP contribution < -0.4 is 0 Å². The zero-order chi connectivity index (χ0) is 48.4. The maximum Gasteiger partial charge on any atom is 0.167 e. The third kappa shape index (κ3) is 12.1. The van der Waals surface area contributed by atoms with Gasteiger partial charge in [0.05, 0.1) is 0 Å². The Morgan fingerprint density at radius 2 is 1.50 bits per heavy atom. The summed E-state index contributed by atoms with van der Waals surface area (Å²) >= 11 is 0. The highest BCUT2D eigenvalue weighted by Crippen LogP contribution is 2.47. The van der Waals surface area contributed by atoms with E-state index in [2.05, 4.69) is 99.7 Å². The van der Waals surface area contributed by atoms with Crippen molar-refractivity contribution < 1.29 is 20.6 Å². The van der Waals surface area contributed by atoms with Crippen molar-refractivity contribution >= 4 is 34.3 Å². The molecule has 3 aromatic carbocycles. The van der Waals surface area contributed by atoms with Crippen molar-refractivity contribution in [3.05, 3.63) is 129 Å². The number of benzene rings is 3. The van der Waals surface area contributed by atoms with Crippen LogP contribution in [-0.2, 0) is 28.9 Å². The highest BCUT2D eigenvalue weighted by Gasteiger charge is 2.42. The smallest absolute Gasteiger partial charge is 0.167 e. The van der Waals surface area contributed by atoms with Gasteiger partial charge in [-0.2, -0.15) is 0 Å². The summed E-state index contributed by atoms with van der Waals surface area (Å²) in [5.41, 5.74) is 13.7. The Morgan fingerprint density at radius 3 is 2.26 bits per heavy atom. The van der Waals surface area contributed by atoms with Crippen LogP contribution in [0.1, 0.15) is 250 Å². The molecule has 6 atom stereocenters. The van der Waals surface area contributed by atoms with E-state index >= 15 is 0 Å².